The predicted octanol–water partition coefficient (Wildman–Crippen LogP) is 5.10. The Morgan fingerprint density at radius 1 is 1.18 bits per heavy atom. The first-order valence-corrected chi connectivity index (χ1v) is 10.1. The van der Waals surface area contributed by atoms with Gasteiger partial charge in [0.05, 0.1) is 5.75 Å². The first kappa shape index (κ1) is 18.6. The van der Waals surface area contributed by atoms with Crippen molar-refractivity contribution in [2.75, 3.05) is 11.1 Å². The Balaban J connectivity index is 1.51. The minimum absolute atomic E-state index is 0.0956. The van der Waals surface area contributed by atoms with E-state index >= 15 is 0 Å². The molecule has 2 aromatic heterocycles. The van der Waals surface area contributed by atoms with Gasteiger partial charge in [-0.2, -0.15) is 0 Å². The molecule has 0 saturated heterocycles. The summed E-state index contributed by atoms with van der Waals surface area (Å²) in [6.07, 6.45) is 0. The Hall–Kier alpha value is -2.77. The van der Waals surface area contributed by atoms with Gasteiger partial charge in [0.25, 0.3) is 0 Å². The maximum Gasteiger partial charge on any atom is 0.234 e. The molecule has 0 radical (unpaired) electrons. The van der Waals surface area contributed by atoms with Gasteiger partial charge >= 0.3 is 0 Å². The highest BCUT2D eigenvalue weighted by molar-refractivity contribution is 7.99. The largest absolute Gasteiger partial charge is 0.453 e. The van der Waals surface area contributed by atoms with Gasteiger partial charge in [0.2, 0.25) is 11.7 Å². The lowest BCUT2D eigenvalue weighted by Crippen LogP contribution is -2.14. The number of carbonyl (C=O) groups excluding carboxylic acids is 1. The highest BCUT2D eigenvalue weighted by Crippen LogP contribution is 2.30. The van der Waals surface area contributed by atoms with Crippen LogP contribution in [0.5, 0.6) is 0 Å². The summed E-state index contributed by atoms with van der Waals surface area (Å²) >= 11 is 7.39. The minimum Gasteiger partial charge on any atom is -0.453 e. The zero-order chi connectivity index (χ0) is 19.5. The van der Waals surface area contributed by atoms with Gasteiger partial charge in [0.15, 0.2) is 10.9 Å². The number of amides is 1. The second kappa shape index (κ2) is 8.08. The summed E-state index contributed by atoms with van der Waals surface area (Å²) in [4.78, 5) is 12.2. The van der Waals surface area contributed by atoms with Crippen LogP contribution in [0.3, 0.4) is 0 Å². The average molecular weight is 413 g/mol. The highest BCUT2D eigenvalue weighted by Gasteiger charge is 2.18. The SMILES string of the molecule is CCn1c(SCC(=O)Nc2ccccc2)nnc1-c1cc2cc(Cl)ccc2o1. The lowest BCUT2D eigenvalue weighted by Gasteiger charge is -2.06. The molecule has 0 atom stereocenters. The summed E-state index contributed by atoms with van der Waals surface area (Å²) in [5.74, 6) is 1.39. The van der Waals surface area contributed by atoms with E-state index in [1.807, 2.05) is 60.0 Å². The molecule has 0 saturated carbocycles. The molecule has 8 heteroatoms. The standard InChI is InChI=1S/C20H17ClN4O2S/c1-2-25-19(17-11-13-10-14(21)8-9-16(13)27-17)23-24-20(25)28-12-18(26)22-15-6-4-3-5-7-15/h3-11H,2,12H2,1H3,(H,22,26). The molecule has 6 nitrogen and oxygen atoms in total. The summed E-state index contributed by atoms with van der Waals surface area (Å²) in [7, 11) is 0. The van der Waals surface area contributed by atoms with Crippen LogP contribution in [-0.4, -0.2) is 26.4 Å². The summed E-state index contributed by atoms with van der Waals surface area (Å²) in [6.45, 7) is 2.66. The van der Waals surface area contributed by atoms with E-state index in [0.29, 0.717) is 28.3 Å². The average Bonchev–Trinajstić information content (AvgIpc) is 3.30. The van der Waals surface area contributed by atoms with E-state index < -0.39 is 0 Å². The van der Waals surface area contributed by atoms with Crippen LogP contribution >= 0.6 is 23.4 Å². The number of aromatic nitrogens is 3. The predicted molar refractivity (Wildman–Crippen MR) is 112 cm³/mol. The van der Waals surface area contributed by atoms with Crippen molar-refractivity contribution in [2.24, 2.45) is 0 Å². The topological polar surface area (TPSA) is 73.0 Å². The van der Waals surface area contributed by atoms with Crippen molar-refractivity contribution >= 4 is 45.9 Å². The third-order valence-electron chi connectivity index (χ3n) is 4.12. The highest BCUT2D eigenvalue weighted by atomic mass is 35.5. The number of nitrogens with zero attached hydrogens (tertiary/aromatic N) is 3. The molecule has 142 valence electrons. The molecule has 28 heavy (non-hydrogen) atoms. The van der Waals surface area contributed by atoms with Crippen LogP contribution < -0.4 is 5.32 Å². The number of fused-ring (bicyclic) bond motifs is 1. The van der Waals surface area contributed by atoms with Crippen molar-refractivity contribution in [1.82, 2.24) is 14.8 Å². The molecule has 0 aliphatic heterocycles. The van der Waals surface area contributed by atoms with Crippen molar-refractivity contribution in [3.63, 3.8) is 0 Å². The van der Waals surface area contributed by atoms with Gasteiger partial charge < -0.3 is 9.73 Å². The Morgan fingerprint density at radius 2 is 2.00 bits per heavy atom. The number of anilines is 1. The molecule has 4 aromatic rings. The van der Waals surface area contributed by atoms with Gasteiger partial charge in [0.1, 0.15) is 5.58 Å². The second-order valence-corrected chi connectivity index (χ2v) is 7.43. The van der Waals surface area contributed by atoms with Crippen LogP contribution in [0.2, 0.25) is 5.02 Å². The molecular formula is C20H17ClN4O2S. The Morgan fingerprint density at radius 3 is 2.79 bits per heavy atom. The van der Waals surface area contributed by atoms with Gasteiger partial charge in [-0.3, -0.25) is 9.36 Å². The maximum absolute atomic E-state index is 12.2. The first-order chi connectivity index (χ1) is 13.6. The van der Waals surface area contributed by atoms with E-state index in [1.165, 1.54) is 11.8 Å². The molecule has 0 bridgehead atoms. The van der Waals surface area contributed by atoms with Gasteiger partial charge in [-0.25, -0.2) is 0 Å². The van der Waals surface area contributed by atoms with Crippen LogP contribution in [0.4, 0.5) is 5.69 Å². The van der Waals surface area contributed by atoms with E-state index in [4.69, 9.17) is 16.0 Å². The fraction of sp³-hybridized carbons (Fsp3) is 0.150. The van der Waals surface area contributed by atoms with Crippen molar-refractivity contribution < 1.29 is 9.21 Å². The van der Waals surface area contributed by atoms with Gasteiger partial charge in [-0.1, -0.05) is 41.6 Å². The lowest BCUT2D eigenvalue weighted by molar-refractivity contribution is -0.113. The second-order valence-electron chi connectivity index (χ2n) is 6.05. The quantitative estimate of drug-likeness (QED) is 0.446. The van der Waals surface area contributed by atoms with Crippen LogP contribution in [0.1, 0.15) is 6.92 Å². The Bertz CT molecular complexity index is 1120. The van der Waals surface area contributed by atoms with E-state index in [-0.39, 0.29) is 11.7 Å². The number of hydrogen-bond acceptors (Lipinski definition) is 5. The van der Waals surface area contributed by atoms with Crippen molar-refractivity contribution in [2.45, 2.75) is 18.6 Å². The van der Waals surface area contributed by atoms with Crippen molar-refractivity contribution in [3.8, 4) is 11.6 Å². The normalized spacial score (nSPS) is 11.1. The summed E-state index contributed by atoms with van der Waals surface area (Å²) in [6, 6.07) is 16.7. The zero-order valence-electron chi connectivity index (χ0n) is 15.1. The van der Waals surface area contributed by atoms with Crippen LogP contribution in [0, 0.1) is 0 Å². The summed E-state index contributed by atoms with van der Waals surface area (Å²) < 4.78 is 7.83. The summed E-state index contributed by atoms with van der Waals surface area (Å²) in [5, 5.41) is 13.6. The molecule has 1 N–H and O–H groups in total. The van der Waals surface area contributed by atoms with E-state index in [1.54, 1.807) is 6.07 Å². The fourth-order valence-corrected chi connectivity index (χ4v) is 3.82. The van der Waals surface area contributed by atoms with Gasteiger partial charge in [-0.15, -0.1) is 10.2 Å². The zero-order valence-corrected chi connectivity index (χ0v) is 16.6. The number of thioether (sulfide) groups is 1. The third-order valence-corrected chi connectivity index (χ3v) is 5.32. The Kier molecular flexibility index (Phi) is 5.36. The summed E-state index contributed by atoms with van der Waals surface area (Å²) in [5.41, 5.74) is 1.51. The molecule has 0 aliphatic carbocycles. The Labute approximate surface area is 170 Å². The number of nitrogens with one attached hydrogen (secondary N) is 1. The molecule has 0 unspecified atom stereocenters. The van der Waals surface area contributed by atoms with E-state index in [9.17, 15) is 4.79 Å². The van der Waals surface area contributed by atoms with E-state index in [0.717, 1.165) is 16.7 Å². The number of furan rings is 1. The number of rotatable bonds is 6. The maximum atomic E-state index is 12.2. The number of benzene rings is 2. The number of carbonyl (C=O) groups is 1. The molecule has 0 aliphatic rings. The molecule has 2 aromatic carbocycles. The molecule has 1 amide bonds. The van der Waals surface area contributed by atoms with E-state index in [2.05, 4.69) is 15.5 Å². The fourth-order valence-electron chi connectivity index (χ4n) is 2.84. The van der Waals surface area contributed by atoms with Crippen LogP contribution in [0.15, 0.2) is 64.2 Å². The molecule has 4 rings (SSSR count). The van der Waals surface area contributed by atoms with Crippen LogP contribution in [-0.2, 0) is 11.3 Å². The number of halogens is 1. The molecule has 0 fully saturated rings. The van der Waals surface area contributed by atoms with Gasteiger partial charge in [-0.05, 0) is 43.3 Å². The lowest BCUT2D eigenvalue weighted by atomic mass is 10.2. The van der Waals surface area contributed by atoms with Gasteiger partial charge in [0, 0.05) is 22.6 Å². The van der Waals surface area contributed by atoms with Crippen molar-refractivity contribution in [1.29, 1.82) is 0 Å². The first-order valence-electron chi connectivity index (χ1n) is 8.74. The van der Waals surface area contributed by atoms with Crippen LogP contribution in [0.25, 0.3) is 22.6 Å². The number of hydrogen-bond donors (Lipinski definition) is 1. The molecule has 2 heterocycles. The molecular weight excluding hydrogens is 396 g/mol. The smallest absolute Gasteiger partial charge is 0.234 e. The van der Waals surface area contributed by atoms with Crippen molar-refractivity contribution in [3.05, 3.63) is 59.6 Å². The third kappa shape index (κ3) is 3.90. The number of para-hydroxylation sites is 1. The molecule has 0 spiro atoms. The monoisotopic (exact) mass is 412 g/mol. The minimum atomic E-state index is -0.0956.